The first-order chi connectivity index (χ1) is 8.49. The van der Waals surface area contributed by atoms with E-state index in [9.17, 15) is 20.1 Å². The first-order valence-corrected chi connectivity index (χ1v) is 5.27. The molecule has 0 aliphatic heterocycles. The topological polar surface area (TPSA) is 87.0 Å². The molecule has 0 radical (unpaired) electrons. The molecule has 0 saturated carbocycles. The van der Waals surface area contributed by atoms with Gasteiger partial charge in [0, 0.05) is 6.07 Å². The Hall–Kier alpha value is -2.23. The molecule has 0 heterocycles. The number of phenolic OH excluding ortho intramolecular Hbond substituents is 2. The highest BCUT2D eigenvalue weighted by molar-refractivity contribution is 5.89. The largest absolute Gasteiger partial charge is 0.508 e. The van der Waals surface area contributed by atoms with Gasteiger partial charge in [-0.15, -0.1) is 5.73 Å². The summed E-state index contributed by atoms with van der Waals surface area (Å²) >= 11 is 0. The van der Waals surface area contributed by atoms with Gasteiger partial charge in [-0.05, 0) is 24.6 Å². The number of phenols is 2. The highest BCUT2D eigenvalue weighted by Crippen LogP contribution is 2.28. The fourth-order valence-electron chi connectivity index (χ4n) is 1.43. The van der Waals surface area contributed by atoms with Crippen LogP contribution in [-0.2, 0) is 9.53 Å². The van der Waals surface area contributed by atoms with Crippen molar-refractivity contribution >= 4 is 5.97 Å². The number of hydrogen-bond donors (Lipinski definition) is 3. The maximum Gasteiger partial charge on any atom is 0.344 e. The monoisotopic (exact) mass is 250 g/mol. The van der Waals surface area contributed by atoms with Gasteiger partial charge in [0.25, 0.3) is 0 Å². The Bertz CT molecular complexity index is 480. The number of aliphatic hydroxyl groups is 1. The molecule has 5 heteroatoms. The van der Waals surface area contributed by atoms with E-state index in [2.05, 4.69) is 12.3 Å². The Morgan fingerprint density at radius 1 is 1.39 bits per heavy atom. The van der Waals surface area contributed by atoms with Crippen molar-refractivity contribution in [3.63, 3.8) is 0 Å². The minimum Gasteiger partial charge on any atom is -0.508 e. The van der Waals surface area contributed by atoms with Crippen LogP contribution in [0.15, 0.2) is 36.1 Å². The molecule has 0 unspecified atom stereocenters. The Morgan fingerprint density at radius 2 is 1.94 bits per heavy atom. The van der Waals surface area contributed by atoms with Crippen LogP contribution in [0.2, 0.25) is 0 Å². The second-order valence-corrected chi connectivity index (χ2v) is 3.50. The first-order valence-electron chi connectivity index (χ1n) is 5.27. The van der Waals surface area contributed by atoms with Crippen LogP contribution in [0.4, 0.5) is 0 Å². The van der Waals surface area contributed by atoms with E-state index in [0.29, 0.717) is 0 Å². The molecule has 96 valence electrons. The van der Waals surface area contributed by atoms with Gasteiger partial charge in [-0.3, -0.25) is 0 Å². The molecule has 0 spiro atoms. The van der Waals surface area contributed by atoms with Crippen molar-refractivity contribution < 1.29 is 24.9 Å². The number of carbonyl (C=O) groups is 1. The van der Waals surface area contributed by atoms with Gasteiger partial charge in [-0.25, -0.2) is 4.79 Å². The van der Waals surface area contributed by atoms with E-state index in [1.165, 1.54) is 12.1 Å². The molecule has 1 atom stereocenters. The summed E-state index contributed by atoms with van der Waals surface area (Å²) in [5, 5.41) is 28.6. The number of esters is 1. The Labute approximate surface area is 104 Å². The summed E-state index contributed by atoms with van der Waals surface area (Å²) < 4.78 is 4.73. The van der Waals surface area contributed by atoms with Crippen molar-refractivity contribution in [2.24, 2.45) is 0 Å². The molecule has 1 rings (SSSR count). The van der Waals surface area contributed by atoms with E-state index >= 15 is 0 Å². The normalized spacial score (nSPS) is 11.4. The van der Waals surface area contributed by atoms with Crippen LogP contribution < -0.4 is 0 Å². The minimum absolute atomic E-state index is 0.145. The van der Waals surface area contributed by atoms with Crippen LogP contribution in [0.1, 0.15) is 18.6 Å². The quantitative estimate of drug-likeness (QED) is 0.427. The molecule has 0 aromatic heterocycles. The summed E-state index contributed by atoms with van der Waals surface area (Å²) in [5.41, 5.74) is 2.27. The first kappa shape index (κ1) is 13.8. The standard InChI is InChI=1S/C13H14O5/c1-3-11(13(17)18-4-2)12(16)8-5-9(14)7-10(15)6-8/h5-7,12,14-16H,1,4H2,2H3/t12-/m1/s1. The fourth-order valence-corrected chi connectivity index (χ4v) is 1.43. The highest BCUT2D eigenvalue weighted by Gasteiger charge is 2.22. The molecule has 0 fully saturated rings. The molecule has 1 aromatic rings. The lowest BCUT2D eigenvalue weighted by molar-refractivity contribution is -0.139. The van der Waals surface area contributed by atoms with Gasteiger partial charge in [0.2, 0.25) is 0 Å². The van der Waals surface area contributed by atoms with Crippen LogP contribution in [0.25, 0.3) is 0 Å². The second kappa shape index (κ2) is 5.91. The summed E-state index contributed by atoms with van der Waals surface area (Å²) in [7, 11) is 0. The third-order valence-corrected chi connectivity index (χ3v) is 2.20. The molecule has 18 heavy (non-hydrogen) atoms. The molecule has 0 aliphatic rings. The Kier molecular flexibility index (Phi) is 4.54. The van der Waals surface area contributed by atoms with Crippen LogP contribution in [0.5, 0.6) is 11.5 Å². The van der Waals surface area contributed by atoms with Gasteiger partial charge < -0.3 is 20.1 Å². The summed E-state index contributed by atoms with van der Waals surface area (Å²) in [5.74, 6) is -1.20. The van der Waals surface area contributed by atoms with Crippen molar-refractivity contribution in [2.45, 2.75) is 13.0 Å². The molecular weight excluding hydrogens is 236 g/mol. The van der Waals surface area contributed by atoms with Crippen molar-refractivity contribution in [2.75, 3.05) is 6.61 Å². The van der Waals surface area contributed by atoms with Gasteiger partial charge in [0.1, 0.15) is 23.2 Å². The van der Waals surface area contributed by atoms with E-state index in [4.69, 9.17) is 4.74 Å². The lowest BCUT2D eigenvalue weighted by atomic mass is 10.0. The predicted octanol–water partition coefficient (Wildman–Crippen LogP) is 1.41. The molecule has 0 saturated heterocycles. The number of carbonyl (C=O) groups excluding carboxylic acids is 1. The molecule has 3 N–H and O–H groups in total. The van der Waals surface area contributed by atoms with E-state index in [1.807, 2.05) is 0 Å². The van der Waals surface area contributed by atoms with Gasteiger partial charge in [-0.2, -0.15) is 0 Å². The third-order valence-electron chi connectivity index (χ3n) is 2.20. The molecular formula is C13H14O5. The number of hydrogen-bond acceptors (Lipinski definition) is 5. The van der Waals surface area contributed by atoms with E-state index in [1.54, 1.807) is 6.92 Å². The second-order valence-electron chi connectivity index (χ2n) is 3.50. The van der Waals surface area contributed by atoms with Crippen LogP contribution >= 0.6 is 0 Å². The minimum atomic E-state index is -1.38. The summed E-state index contributed by atoms with van der Waals surface area (Å²) in [6.07, 6.45) is -1.38. The Balaban J connectivity index is 3.08. The van der Waals surface area contributed by atoms with Crippen LogP contribution in [0.3, 0.4) is 0 Å². The van der Waals surface area contributed by atoms with E-state index < -0.39 is 12.1 Å². The summed E-state index contributed by atoms with van der Waals surface area (Å²) in [4.78, 5) is 11.5. The van der Waals surface area contributed by atoms with E-state index in [0.717, 1.165) is 6.07 Å². The smallest absolute Gasteiger partial charge is 0.344 e. The molecule has 0 amide bonds. The molecule has 0 bridgehead atoms. The highest BCUT2D eigenvalue weighted by atomic mass is 16.5. The predicted molar refractivity (Wildman–Crippen MR) is 64.0 cm³/mol. The Morgan fingerprint density at radius 3 is 2.39 bits per heavy atom. The lowest BCUT2D eigenvalue weighted by Crippen LogP contribution is -2.14. The number of benzene rings is 1. The molecule has 0 aliphatic carbocycles. The average molecular weight is 250 g/mol. The van der Waals surface area contributed by atoms with Crippen molar-refractivity contribution in [1.82, 2.24) is 0 Å². The summed E-state index contributed by atoms with van der Waals surface area (Å²) in [6, 6.07) is 3.56. The molecule has 1 aromatic carbocycles. The number of rotatable bonds is 4. The third kappa shape index (κ3) is 3.13. The van der Waals surface area contributed by atoms with Crippen molar-refractivity contribution in [3.8, 4) is 11.5 Å². The molecule has 5 nitrogen and oxygen atoms in total. The zero-order chi connectivity index (χ0) is 13.7. The van der Waals surface area contributed by atoms with E-state index in [-0.39, 0.29) is 29.2 Å². The van der Waals surface area contributed by atoms with Gasteiger partial charge >= 0.3 is 5.97 Å². The SMILES string of the molecule is C=C=C(C(=O)OCC)[C@H](O)c1cc(O)cc(O)c1. The van der Waals surface area contributed by atoms with Crippen LogP contribution in [-0.4, -0.2) is 27.9 Å². The maximum atomic E-state index is 11.5. The number of aliphatic hydroxyl groups excluding tert-OH is 1. The lowest BCUT2D eigenvalue weighted by Gasteiger charge is -2.13. The van der Waals surface area contributed by atoms with Gasteiger partial charge in [0.15, 0.2) is 0 Å². The van der Waals surface area contributed by atoms with Crippen molar-refractivity contribution in [3.05, 3.63) is 41.6 Å². The van der Waals surface area contributed by atoms with Gasteiger partial charge in [0.05, 0.1) is 6.61 Å². The maximum absolute atomic E-state index is 11.5. The zero-order valence-electron chi connectivity index (χ0n) is 9.88. The number of aromatic hydroxyl groups is 2. The van der Waals surface area contributed by atoms with Gasteiger partial charge in [-0.1, -0.05) is 6.58 Å². The fraction of sp³-hybridized carbons (Fsp3) is 0.231. The zero-order valence-corrected chi connectivity index (χ0v) is 9.88. The van der Waals surface area contributed by atoms with Crippen molar-refractivity contribution in [1.29, 1.82) is 0 Å². The average Bonchev–Trinajstić information content (AvgIpc) is 2.28. The summed E-state index contributed by atoms with van der Waals surface area (Å²) in [6.45, 7) is 5.09. The number of ether oxygens (including phenoxy) is 1. The van der Waals surface area contributed by atoms with Crippen LogP contribution in [0, 0.1) is 0 Å².